The lowest BCUT2D eigenvalue weighted by Crippen LogP contribution is -2.36. The van der Waals surface area contributed by atoms with Crippen molar-refractivity contribution in [2.45, 2.75) is 31.8 Å². The van der Waals surface area contributed by atoms with Crippen molar-refractivity contribution in [1.29, 1.82) is 5.26 Å². The molecule has 7 heteroatoms. The normalized spacial score (nSPS) is 24.9. The van der Waals surface area contributed by atoms with Gasteiger partial charge in [-0.1, -0.05) is 0 Å². The van der Waals surface area contributed by atoms with Crippen molar-refractivity contribution >= 4 is 16.8 Å². The second kappa shape index (κ2) is 7.31. The maximum atomic E-state index is 13.4. The fraction of sp³-hybridized carbons (Fsp3) is 0.333. The summed E-state index contributed by atoms with van der Waals surface area (Å²) in [4.78, 5) is 29.6. The monoisotopic (exact) mass is 416 g/mol. The van der Waals surface area contributed by atoms with Crippen molar-refractivity contribution in [2.24, 2.45) is 17.8 Å². The van der Waals surface area contributed by atoms with Crippen LogP contribution in [-0.2, 0) is 0 Å². The Balaban J connectivity index is 1.24. The zero-order chi connectivity index (χ0) is 21.7. The van der Waals surface area contributed by atoms with Gasteiger partial charge in [0.25, 0.3) is 11.5 Å². The third kappa shape index (κ3) is 3.38. The van der Waals surface area contributed by atoms with Gasteiger partial charge in [-0.15, -0.1) is 0 Å². The van der Waals surface area contributed by atoms with E-state index in [0.717, 1.165) is 12.8 Å². The van der Waals surface area contributed by atoms with Gasteiger partial charge in [0, 0.05) is 23.7 Å². The summed E-state index contributed by atoms with van der Waals surface area (Å²) in [6.45, 7) is 2.03. The Morgan fingerprint density at radius 3 is 2.61 bits per heavy atom. The topological polar surface area (TPSA) is 87.8 Å². The minimum Gasteiger partial charge on any atom is -0.349 e. The smallest absolute Gasteiger partial charge is 0.261 e. The van der Waals surface area contributed by atoms with Gasteiger partial charge in [-0.25, -0.2) is 9.37 Å². The zero-order valence-corrected chi connectivity index (χ0v) is 17.0. The average Bonchev–Trinajstić information content (AvgIpc) is 3.28. The number of amides is 1. The van der Waals surface area contributed by atoms with Crippen LogP contribution in [0.3, 0.4) is 0 Å². The van der Waals surface area contributed by atoms with Crippen molar-refractivity contribution in [3.63, 3.8) is 0 Å². The van der Waals surface area contributed by atoms with Crippen molar-refractivity contribution < 1.29 is 9.18 Å². The minimum absolute atomic E-state index is 0.0357. The third-order valence-corrected chi connectivity index (χ3v) is 6.84. The first kappa shape index (κ1) is 19.4. The van der Waals surface area contributed by atoms with E-state index in [9.17, 15) is 14.0 Å². The number of hydrogen-bond acceptors (Lipinski definition) is 4. The lowest BCUT2D eigenvalue weighted by atomic mass is 10.0. The number of hydrogen-bond donors (Lipinski definition) is 1. The molecule has 1 N–H and O–H groups in total. The number of nitrogens with zero attached hydrogens (tertiary/aromatic N) is 3. The van der Waals surface area contributed by atoms with Crippen LogP contribution in [0, 0.1) is 34.9 Å². The van der Waals surface area contributed by atoms with Gasteiger partial charge in [0.15, 0.2) is 0 Å². The van der Waals surface area contributed by atoms with E-state index >= 15 is 0 Å². The third-order valence-electron chi connectivity index (χ3n) is 6.84. The maximum absolute atomic E-state index is 13.4. The van der Waals surface area contributed by atoms with Crippen molar-refractivity contribution in [1.82, 2.24) is 14.9 Å². The Bertz CT molecular complexity index is 1270. The Kier molecular flexibility index (Phi) is 4.58. The Morgan fingerprint density at radius 2 is 1.94 bits per heavy atom. The molecule has 0 bridgehead atoms. The summed E-state index contributed by atoms with van der Waals surface area (Å²) < 4.78 is 15.1. The number of nitriles is 1. The van der Waals surface area contributed by atoms with Gasteiger partial charge in [-0.05, 0) is 73.9 Å². The number of nitrogens with one attached hydrogen (secondary N) is 1. The van der Waals surface area contributed by atoms with Crippen molar-refractivity contribution in [3.8, 4) is 6.07 Å². The summed E-state index contributed by atoms with van der Waals surface area (Å²) in [7, 11) is 0. The van der Waals surface area contributed by atoms with Crippen LogP contribution in [0.2, 0.25) is 0 Å². The molecule has 2 fully saturated rings. The van der Waals surface area contributed by atoms with Gasteiger partial charge < -0.3 is 5.32 Å². The molecule has 2 saturated carbocycles. The fourth-order valence-electron chi connectivity index (χ4n) is 5.28. The summed E-state index contributed by atoms with van der Waals surface area (Å²) in [6.07, 6.45) is 3.28. The molecule has 5 rings (SSSR count). The molecule has 0 saturated heterocycles. The number of fused-ring (bicyclic) bond motifs is 2. The van der Waals surface area contributed by atoms with Gasteiger partial charge in [0.2, 0.25) is 0 Å². The highest BCUT2D eigenvalue weighted by Gasteiger charge is 2.58. The Morgan fingerprint density at radius 1 is 1.23 bits per heavy atom. The molecule has 0 radical (unpaired) electrons. The van der Waals surface area contributed by atoms with Crippen molar-refractivity contribution in [2.75, 3.05) is 0 Å². The molecular formula is C24H21FN4O2. The lowest BCUT2D eigenvalue weighted by molar-refractivity contribution is 0.0932. The van der Waals surface area contributed by atoms with E-state index in [1.54, 1.807) is 28.8 Å². The van der Waals surface area contributed by atoms with Crippen LogP contribution in [-0.4, -0.2) is 21.5 Å². The molecule has 6 nitrogen and oxygen atoms in total. The van der Waals surface area contributed by atoms with E-state index in [0.29, 0.717) is 39.8 Å². The molecule has 2 aliphatic rings. The predicted octanol–water partition coefficient (Wildman–Crippen LogP) is 3.42. The first-order valence-corrected chi connectivity index (χ1v) is 10.4. The van der Waals surface area contributed by atoms with Gasteiger partial charge in [-0.2, -0.15) is 5.26 Å². The first-order chi connectivity index (χ1) is 15.0. The van der Waals surface area contributed by atoms with Gasteiger partial charge in [0.05, 0.1) is 28.9 Å². The quantitative estimate of drug-likeness (QED) is 0.706. The number of carbonyl (C=O) groups is 1. The fourth-order valence-corrected chi connectivity index (χ4v) is 5.28. The predicted molar refractivity (Wildman–Crippen MR) is 113 cm³/mol. The van der Waals surface area contributed by atoms with E-state index in [2.05, 4.69) is 10.3 Å². The molecule has 0 spiro atoms. The zero-order valence-electron chi connectivity index (χ0n) is 17.0. The molecular weight excluding hydrogens is 395 g/mol. The van der Waals surface area contributed by atoms with Crippen LogP contribution in [0.1, 0.15) is 41.7 Å². The Hall–Kier alpha value is -3.53. The highest BCUT2D eigenvalue weighted by Crippen LogP contribution is 2.62. The molecule has 1 amide bonds. The summed E-state index contributed by atoms with van der Waals surface area (Å²) in [5, 5.41) is 12.4. The standard InChI is InChI=1S/C24H21FN4O2/c1-13(28-23(30)15-4-2-14(11-26)3-5-15)22-19-9-17(10-20(19)22)29-12-27-21-8-16(25)6-7-18(21)24(29)31/h2-8,12-13,17,19-20,22H,9-10H2,1H3,(H,28,30)/t13?,17-,19-,20+,22+. The highest BCUT2D eigenvalue weighted by molar-refractivity contribution is 5.94. The molecule has 31 heavy (non-hydrogen) atoms. The largest absolute Gasteiger partial charge is 0.349 e. The molecule has 5 atom stereocenters. The van der Waals surface area contributed by atoms with E-state index < -0.39 is 5.82 Å². The Labute approximate surface area is 178 Å². The second-order valence-corrected chi connectivity index (χ2v) is 8.60. The average molecular weight is 416 g/mol. The van der Waals surface area contributed by atoms with Crippen LogP contribution in [0.25, 0.3) is 10.9 Å². The van der Waals surface area contributed by atoms with Crippen molar-refractivity contribution in [3.05, 3.63) is 76.1 Å². The summed E-state index contributed by atoms with van der Waals surface area (Å²) >= 11 is 0. The molecule has 3 aromatic rings. The van der Waals surface area contributed by atoms with Gasteiger partial charge in [0.1, 0.15) is 5.82 Å². The van der Waals surface area contributed by atoms with Gasteiger partial charge >= 0.3 is 0 Å². The first-order valence-electron chi connectivity index (χ1n) is 10.4. The molecule has 156 valence electrons. The number of halogens is 1. The lowest BCUT2D eigenvalue weighted by Gasteiger charge is -2.21. The van der Waals surface area contributed by atoms with Crippen LogP contribution in [0.15, 0.2) is 53.6 Å². The molecule has 1 heterocycles. The van der Waals surface area contributed by atoms with Crippen LogP contribution in [0.4, 0.5) is 4.39 Å². The number of aromatic nitrogens is 2. The van der Waals surface area contributed by atoms with Crippen LogP contribution < -0.4 is 10.9 Å². The molecule has 0 aliphatic heterocycles. The molecule has 2 aliphatic carbocycles. The summed E-state index contributed by atoms with van der Waals surface area (Å²) in [6, 6.07) is 12.8. The number of rotatable bonds is 4. The minimum atomic E-state index is -0.404. The molecule has 1 unspecified atom stereocenters. The van der Waals surface area contributed by atoms with E-state index in [-0.39, 0.29) is 23.6 Å². The van der Waals surface area contributed by atoms with Crippen LogP contribution in [0.5, 0.6) is 0 Å². The van der Waals surface area contributed by atoms with E-state index in [1.807, 2.05) is 13.0 Å². The van der Waals surface area contributed by atoms with Gasteiger partial charge in [-0.3, -0.25) is 14.2 Å². The maximum Gasteiger partial charge on any atom is 0.261 e. The molecule has 2 aromatic carbocycles. The highest BCUT2D eigenvalue weighted by atomic mass is 19.1. The summed E-state index contributed by atoms with van der Waals surface area (Å²) in [5.74, 6) is 0.797. The summed E-state index contributed by atoms with van der Waals surface area (Å²) in [5.41, 5.74) is 1.31. The molecule has 1 aromatic heterocycles. The van der Waals surface area contributed by atoms with E-state index in [1.165, 1.54) is 24.5 Å². The van der Waals surface area contributed by atoms with Crippen LogP contribution >= 0.6 is 0 Å². The number of benzene rings is 2. The number of carbonyl (C=O) groups excluding carboxylic acids is 1. The SMILES string of the molecule is CC(NC(=O)c1ccc(C#N)cc1)[C@H]1[C@@H]2C[C@@H](n3cnc4cc(F)ccc4c3=O)C[C@@H]21. The van der Waals surface area contributed by atoms with E-state index in [4.69, 9.17) is 5.26 Å². The second-order valence-electron chi connectivity index (χ2n) is 8.60.